The lowest BCUT2D eigenvalue weighted by atomic mass is 10.1. The van der Waals surface area contributed by atoms with Gasteiger partial charge in [-0.25, -0.2) is 0 Å². The number of rotatable bonds is 8. The van der Waals surface area contributed by atoms with Crippen molar-refractivity contribution in [2.24, 2.45) is 0 Å². The maximum atomic E-state index is 13.2. The summed E-state index contributed by atoms with van der Waals surface area (Å²) in [5.74, 6) is 0.0197. The Morgan fingerprint density at radius 2 is 1.81 bits per heavy atom. The molecule has 2 amide bonds. The summed E-state index contributed by atoms with van der Waals surface area (Å²) in [5, 5.41) is 4.13. The number of benzene rings is 2. The summed E-state index contributed by atoms with van der Waals surface area (Å²) in [5.41, 5.74) is 1.94. The Bertz CT molecular complexity index is 914. The van der Waals surface area contributed by atoms with Gasteiger partial charge in [-0.05, 0) is 56.5 Å². The minimum atomic E-state index is -0.599. The van der Waals surface area contributed by atoms with Crippen molar-refractivity contribution in [3.05, 3.63) is 63.6 Å². The van der Waals surface area contributed by atoms with Gasteiger partial charge in [-0.2, -0.15) is 0 Å². The van der Waals surface area contributed by atoms with Gasteiger partial charge in [0.2, 0.25) is 11.8 Å². The van der Waals surface area contributed by atoms with Crippen LogP contribution in [0.3, 0.4) is 0 Å². The van der Waals surface area contributed by atoms with Crippen molar-refractivity contribution in [3.8, 4) is 0 Å². The molecule has 3 rings (SSSR count). The number of hydrogen-bond donors (Lipinski definition) is 1. The van der Waals surface area contributed by atoms with Gasteiger partial charge < -0.3 is 10.2 Å². The molecule has 1 atom stereocenters. The smallest absolute Gasteiger partial charge is 0.242 e. The topological polar surface area (TPSA) is 49.4 Å². The molecule has 0 radical (unpaired) electrons. The van der Waals surface area contributed by atoms with E-state index in [1.807, 2.05) is 31.2 Å². The highest BCUT2D eigenvalue weighted by atomic mass is 35.5. The van der Waals surface area contributed by atoms with Crippen LogP contribution in [0.5, 0.6) is 0 Å². The molecule has 1 aliphatic carbocycles. The van der Waals surface area contributed by atoms with E-state index >= 15 is 0 Å². The van der Waals surface area contributed by atoms with E-state index < -0.39 is 6.04 Å². The van der Waals surface area contributed by atoms with Crippen molar-refractivity contribution >= 4 is 46.8 Å². The number of nitrogens with zero attached hydrogens (tertiary/aromatic N) is 1. The molecule has 2 aromatic rings. The van der Waals surface area contributed by atoms with Crippen LogP contribution in [0, 0.1) is 6.92 Å². The second kappa shape index (κ2) is 11.3. The molecule has 0 aromatic heterocycles. The Kier molecular flexibility index (Phi) is 8.70. The van der Waals surface area contributed by atoms with Crippen LogP contribution in [-0.2, 0) is 16.1 Å². The zero-order valence-electron chi connectivity index (χ0n) is 17.9. The van der Waals surface area contributed by atoms with Crippen molar-refractivity contribution in [1.82, 2.24) is 10.2 Å². The van der Waals surface area contributed by atoms with Crippen molar-refractivity contribution < 1.29 is 9.59 Å². The third kappa shape index (κ3) is 6.90. The number of carbonyl (C=O) groups excluding carboxylic acids is 2. The van der Waals surface area contributed by atoms with E-state index in [9.17, 15) is 9.59 Å². The van der Waals surface area contributed by atoms with E-state index in [1.54, 1.807) is 30.0 Å². The maximum Gasteiger partial charge on any atom is 0.242 e. The lowest BCUT2D eigenvalue weighted by molar-refractivity contribution is -0.138. The van der Waals surface area contributed by atoms with Crippen LogP contribution >= 0.6 is 35.0 Å². The van der Waals surface area contributed by atoms with E-state index in [0.717, 1.165) is 36.1 Å². The average Bonchev–Trinajstić information content (AvgIpc) is 3.25. The number of nitrogens with one attached hydrogen (secondary N) is 1. The molecule has 1 saturated carbocycles. The second-order valence-electron chi connectivity index (χ2n) is 8.03. The number of halogens is 2. The normalized spacial score (nSPS) is 15.0. The highest BCUT2D eigenvalue weighted by molar-refractivity contribution is 8.00. The first-order chi connectivity index (χ1) is 14.8. The molecule has 1 unspecified atom stereocenters. The van der Waals surface area contributed by atoms with Gasteiger partial charge in [0, 0.05) is 27.5 Å². The van der Waals surface area contributed by atoms with Crippen molar-refractivity contribution in [1.29, 1.82) is 0 Å². The molecule has 1 aliphatic rings. The molecular formula is C24H28Cl2N2O2S. The molecule has 4 nitrogen and oxygen atoms in total. The summed E-state index contributed by atoms with van der Waals surface area (Å²) in [7, 11) is 0. The summed E-state index contributed by atoms with van der Waals surface area (Å²) < 4.78 is 0. The first-order valence-electron chi connectivity index (χ1n) is 10.6. The van der Waals surface area contributed by atoms with Crippen molar-refractivity contribution in [2.75, 3.05) is 5.75 Å². The van der Waals surface area contributed by atoms with Crippen LogP contribution in [0.4, 0.5) is 0 Å². The highest BCUT2D eigenvalue weighted by Crippen LogP contribution is 2.25. The summed E-state index contributed by atoms with van der Waals surface area (Å²) in [6.45, 7) is 4.06. The lowest BCUT2D eigenvalue weighted by Gasteiger charge is -2.30. The molecule has 2 aromatic carbocycles. The van der Waals surface area contributed by atoms with Crippen LogP contribution < -0.4 is 5.32 Å². The quantitative estimate of drug-likeness (QED) is 0.482. The monoisotopic (exact) mass is 478 g/mol. The van der Waals surface area contributed by atoms with Crippen LogP contribution in [-0.4, -0.2) is 34.6 Å². The van der Waals surface area contributed by atoms with Crippen molar-refractivity contribution in [3.63, 3.8) is 0 Å². The molecule has 0 aliphatic heterocycles. The summed E-state index contributed by atoms with van der Waals surface area (Å²) in [6.07, 6.45) is 4.27. The van der Waals surface area contributed by atoms with E-state index in [2.05, 4.69) is 5.32 Å². The Hall–Kier alpha value is -1.69. The summed E-state index contributed by atoms with van der Waals surface area (Å²) in [4.78, 5) is 28.8. The first kappa shape index (κ1) is 24.0. The van der Waals surface area contributed by atoms with Crippen LogP contribution in [0.15, 0.2) is 47.4 Å². The first-order valence-corrected chi connectivity index (χ1v) is 12.3. The van der Waals surface area contributed by atoms with Gasteiger partial charge in [-0.1, -0.05) is 59.8 Å². The largest absolute Gasteiger partial charge is 0.352 e. The number of aryl methyl sites for hydroxylation is 1. The van der Waals surface area contributed by atoms with Crippen LogP contribution in [0.1, 0.15) is 43.7 Å². The van der Waals surface area contributed by atoms with Gasteiger partial charge in [-0.15, -0.1) is 11.8 Å². The zero-order chi connectivity index (χ0) is 22.4. The van der Waals surface area contributed by atoms with Gasteiger partial charge in [0.1, 0.15) is 6.04 Å². The average molecular weight is 479 g/mol. The lowest BCUT2D eigenvalue weighted by Crippen LogP contribution is -2.50. The standard InChI is InChI=1S/C24H28Cl2N2O2S/c1-16-7-11-21(12-8-16)31-15-23(29)28(14-18-9-10-19(25)13-22(18)26)17(2)24(30)27-20-5-3-4-6-20/h7-13,17,20H,3-6,14-15H2,1-2H3,(H,27,30). The molecule has 166 valence electrons. The maximum absolute atomic E-state index is 13.2. The van der Waals surface area contributed by atoms with Gasteiger partial charge >= 0.3 is 0 Å². The molecule has 0 bridgehead atoms. The molecule has 0 saturated heterocycles. The molecule has 0 heterocycles. The molecule has 31 heavy (non-hydrogen) atoms. The second-order valence-corrected chi connectivity index (χ2v) is 9.92. The van der Waals surface area contributed by atoms with Gasteiger partial charge in [0.25, 0.3) is 0 Å². The number of thioether (sulfide) groups is 1. The Morgan fingerprint density at radius 1 is 1.13 bits per heavy atom. The van der Waals surface area contributed by atoms with E-state index in [-0.39, 0.29) is 30.2 Å². The third-order valence-corrected chi connectivity index (χ3v) is 7.19. The van der Waals surface area contributed by atoms with E-state index in [0.29, 0.717) is 10.0 Å². The fraction of sp³-hybridized carbons (Fsp3) is 0.417. The molecule has 1 fully saturated rings. The molecule has 7 heteroatoms. The van der Waals surface area contributed by atoms with Crippen LogP contribution in [0.2, 0.25) is 10.0 Å². The van der Waals surface area contributed by atoms with Crippen LogP contribution in [0.25, 0.3) is 0 Å². The summed E-state index contributed by atoms with van der Waals surface area (Å²) in [6, 6.07) is 12.9. The SMILES string of the molecule is Cc1ccc(SCC(=O)N(Cc2ccc(Cl)cc2Cl)C(C)C(=O)NC2CCCC2)cc1. The molecule has 0 spiro atoms. The fourth-order valence-corrected chi connectivity index (χ4v) is 4.92. The minimum Gasteiger partial charge on any atom is -0.352 e. The number of amides is 2. The van der Waals surface area contributed by atoms with Gasteiger partial charge in [0.05, 0.1) is 5.75 Å². The summed E-state index contributed by atoms with van der Waals surface area (Å²) >= 11 is 13.8. The fourth-order valence-electron chi connectivity index (χ4n) is 3.67. The van der Waals surface area contributed by atoms with Crippen molar-refractivity contribution in [2.45, 2.75) is 63.1 Å². The zero-order valence-corrected chi connectivity index (χ0v) is 20.2. The Balaban J connectivity index is 1.73. The number of hydrogen-bond acceptors (Lipinski definition) is 3. The minimum absolute atomic E-state index is 0.106. The Morgan fingerprint density at radius 3 is 2.45 bits per heavy atom. The van der Waals surface area contributed by atoms with Gasteiger partial charge in [0.15, 0.2) is 0 Å². The third-order valence-electron chi connectivity index (χ3n) is 5.61. The number of carbonyl (C=O) groups is 2. The highest BCUT2D eigenvalue weighted by Gasteiger charge is 2.28. The Labute approximate surface area is 198 Å². The van der Waals surface area contributed by atoms with E-state index in [4.69, 9.17) is 23.2 Å². The predicted molar refractivity (Wildman–Crippen MR) is 129 cm³/mol. The van der Waals surface area contributed by atoms with E-state index in [1.165, 1.54) is 17.3 Å². The molecule has 1 N–H and O–H groups in total. The van der Waals surface area contributed by atoms with Gasteiger partial charge in [-0.3, -0.25) is 9.59 Å². The molecular weight excluding hydrogens is 451 g/mol. The predicted octanol–water partition coefficient (Wildman–Crippen LogP) is 5.87.